The van der Waals surface area contributed by atoms with Crippen molar-refractivity contribution in [2.45, 2.75) is 39.0 Å². The minimum atomic E-state index is 0.172. The monoisotopic (exact) mass is 260 g/mol. The first-order chi connectivity index (χ1) is 9.55. The molecule has 20 heavy (non-hydrogen) atoms. The summed E-state index contributed by atoms with van der Waals surface area (Å²) < 4.78 is 0. The van der Waals surface area contributed by atoms with Crippen LogP contribution in [0.4, 0.5) is 0 Å². The van der Waals surface area contributed by atoms with Crippen LogP contribution < -0.4 is 0 Å². The van der Waals surface area contributed by atoms with Gasteiger partial charge in [0.15, 0.2) is 0 Å². The highest BCUT2D eigenvalue weighted by Crippen LogP contribution is 2.29. The van der Waals surface area contributed by atoms with Gasteiger partial charge in [0, 0.05) is 11.1 Å². The van der Waals surface area contributed by atoms with Gasteiger partial charge in [0.05, 0.1) is 0 Å². The lowest BCUT2D eigenvalue weighted by molar-refractivity contribution is 0.581. The second-order valence-electron chi connectivity index (χ2n) is 6.49. The fourth-order valence-corrected chi connectivity index (χ4v) is 2.93. The van der Waals surface area contributed by atoms with Gasteiger partial charge < -0.3 is 0 Å². The number of hydrogen-bond acceptors (Lipinski definition) is 0. The summed E-state index contributed by atoms with van der Waals surface area (Å²) in [6.07, 6.45) is 2.15. The summed E-state index contributed by atoms with van der Waals surface area (Å²) in [5.74, 6) is 6.73. The van der Waals surface area contributed by atoms with Crippen molar-refractivity contribution >= 4 is 0 Å². The average molecular weight is 260 g/mol. The van der Waals surface area contributed by atoms with Gasteiger partial charge in [0.2, 0.25) is 0 Å². The van der Waals surface area contributed by atoms with Gasteiger partial charge in [0.25, 0.3) is 0 Å². The molecule has 0 fully saturated rings. The van der Waals surface area contributed by atoms with E-state index in [1.54, 1.807) is 0 Å². The molecule has 0 nitrogen and oxygen atoms in total. The summed E-state index contributed by atoms with van der Waals surface area (Å²) in [5, 5.41) is 0. The van der Waals surface area contributed by atoms with Crippen LogP contribution in [-0.4, -0.2) is 0 Å². The number of benzene rings is 2. The van der Waals surface area contributed by atoms with E-state index in [9.17, 15) is 0 Å². The quantitative estimate of drug-likeness (QED) is 0.613. The fourth-order valence-electron chi connectivity index (χ4n) is 2.93. The Bertz CT molecular complexity index is 703. The normalized spacial score (nSPS) is 13.3. The molecule has 0 aromatic heterocycles. The van der Waals surface area contributed by atoms with Crippen LogP contribution in [0.3, 0.4) is 0 Å². The third-order valence-corrected chi connectivity index (χ3v) is 3.98. The van der Waals surface area contributed by atoms with Gasteiger partial charge in [-0.05, 0) is 47.1 Å². The Kier molecular flexibility index (Phi) is 3.14. The molecule has 0 amide bonds. The Labute approximate surface area is 121 Å². The van der Waals surface area contributed by atoms with Gasteiger partial charge in [-0.3, -0.25) is 0 Å². The van der Waals surface area contributed by atoms with E-state index < -0.39 is 0 Å². The molecule has 0 bridgehead atoms. The third kappa shape index (κ3) is 2.37. The standard InChI is InChI=1S/C20H20/c1-20(2,3)19-10-6-9-17-12-11-15-7-4-5-8-16(15)13-14-18(17)19/h4-10H,13-14H2,1-3H3. The highest BCUT2D eigenvalue weighted by atomic mass is 14.2. The maximum Gasteiger partial charge on any atom is 0.0284 e. The first-order valence-corrected chi connectivity index (χ1v) is 7.28. The van der Waals surface area contributed by atoms with Crippen molar-refractivity contribution in [2.75, 3.05) is 0 Å². The molecular weight excluding hydrogens is 240 g/mol. The molecule has 0 heteroatoms. The maximum atomic E-state index is 3.38. The van der Waals surface area contributed by atoms with E-state index in [0.29, 0.717) is 0 Å². The van der Waals surface area contributed by atoms with Crippen molar-refractivity contribution in [3.63, 3.8) is 0 Å². The first kappa shape index (κ1) is 13.0. The first-order valence-electron chi connectivity index (χ1n) is 7.28. The molecule has 0 unspecified atom stereocenters. The predicted octanol–water partition coefficient (Wildman–Crippen LogP) is 4.48. The van der Waals surface area contributed by atoms with E-state index >= 15 is 0 Å². The molecule has 0 atom stereocenters. The minimum absolute atomic E-state index is 0.172. The lowest BCUT2D eigenvalue weighted by Crippen LogP contribution is -2.16. The van der Waals surface area contributed by atoms with Crippen molar-refractivity contribution in [2.24, 2.45) is 0 Å². The van der Waals surface area contributed by atoms with Crippen LogP contribution in [0.5, 0.6) is 0 Å². The number of fused-ring (bicyclic) bond motifs is 2. The molecule has 0 radical (unpaired) electrons. The summed E-state index contributed by atoms with van der Waals surface area (Å²) in [6, 6.07) is 15.1. The zero-order valence-corrected chi connectivity index (χ0v) is 12.5. The van der Waals surface area contributed by atoms with E-state index in [1.165, 1.54) is 27.8 Å². The average Bonchev–Trinajstić information content (AvgIpc) is 2.40. The van der Waals surface area contributed by atoms with Crippen LogP contribution in [0.2, 0.25) is 0 Å². The van der Waals surface area contributed by atoms with Crippen LogP contribution in [0, 0.1) is 11.8 Å². The summed E-state index contributed by atoms with van der Waals surface area (Å²) >= 11 is 0. The molecule has 0 spiro atoms. The summed E-state index contributed by atoms with van der Waals surface area (Å²) in [4.78, 5) is 0. The number of rotatable bonds is 0. The van der Waals surface area contributed by atoms with Crippen LogP contribution >= 0.6 is 0 Å². The van der Waals surface area contributed by atoms with Gasteiger partial charge >= 0.3 is 0 Å². The lowest BCUT2D eigenvalue weighted by atomic mass is 9.80. The Morgan fingerprint density at radius 3 is 2.30 bits per heavy atom. The van der Waals surface area contributed by atoms with Crippen molar-refractivity contribution in [3.05, 3.63) is 70.3 Å². The van der Waals surface area contributed by atoms with Gasteiger partial charge in [-0.25, -0.2) is 0 Å². The second-order valence-corrected chi connectivity index (χ2v) is 6.49. The Morgan fingerprint density at radius 2 is 1.50 bits per heavy atom. The zero-order valence-electron chi connectivity index (χ0n) is 12.5. The summed E-state index contributed by atoms with van der Waals surface area (Å²) in [6.45, 7) is 6.84. The molecule has 0 heterocycles. The topological polar surface area (TPSA) is 0 Å². The summed E-state index contributed by atoms with van der Waals surface area (Å²) in [5.41, 5.74) is 6.79. The maximum absolute atomic E-state index is 3.38. The van der Waals surface area contributed by atoms with E-state index in [4.69, 9.17) is 0 Å². The predicted molar refractivity (Wildman–Crippen MR) is 85.0 cm³/mol. The van der Waals surface area contributed by atoms with E-state index in [-0.39, 0.29) is 5.41 Å². The molecule has 2 aromatic carbocycles. The lowest BCUT2D eigenvalue weighted by Gasteiger charge is -2.24. The van der Waals surface area contributed by atoms with Crippen molar-refractivity contribution < 1.29 is 0 Å². The van der Waals surface area contributed by atoms with E-state index in [1.807, 2.05) is 0 Å². The smallest absolute Gasteiger partial charge is 0.0284 e. The molecule has 0 saturated carbocycles. The SMILES string of the molecule is CC(C)(C)c1cccc2c1CCc1ccccc1C#C2. The molecule has 3 rings (SSSR count). The molecule has 0 aliphatic heterocycles. The van der Waals surface area contributed by atoms with Crippen molar-refractivity contribution in [1.29, 1.82) is 0 Å². The molecular formula is C20H20. The third-order valence-electron chi connectivity index (χ3n) is 3.98. The fraction of sp³-hybridized carbons (Fsp3) is 0.300. The number of hydrogen-bond donors (Lipinski definition) is 0. The van der Waals surface area contributed by atoms with Gasteiger partial charge in [0.1, 0.15) is 0 Å². The highest BCUT2D eigenvalue weighted by Gasteiger charge is 2.20. The van der Waals surface area contributed by atoms with Crippen LogP contribution in [0.25, 0.3) is 0 Å². The summed E-state index contributed by atoms with van der Waals surface area (Å²) in [7, 11) is 0. The molecule has 0 saturated heterocycles. The molecule has 1 aliphatic rings. The Morgan fingerprint density at radius 1 is 0.800 bits per heavy atom. The molecule has 2 aromatic rings. The van der Waals surface area contributed by atoms with Gasteiger partial charge in [-0.2, -0.15) is 0 Å². The Hall–Kier alpha value is -2.00. The highest BCUT2D eigenvalue weighted by molar-refractivity contribution is 5.54. The second kappa shape index (κ2) is 4.84. The van der Waals surface area contributed by atoms with Crippen LogP contribution in [0.1, 0.15) is 48.6 Å². The zero-order chi connectivity index (χ0) is 14.2. The molecule has 0 N–H and O–H groups in total. The number of aryl methyl sites for hydroxylation is 1. The minimum Gasteiger partial charge on any atom is -0.0619 e. The van der Waals surface area contributed by atoms with Crippen molar-refractivity contribution in [1.82, 2.24) is 0 Å². The largest absolute Gasteiger partial charge is 0.0619 e. The molecule has 100 valence electrons. The van der Waals surface area contributed by atoms with Crippen LogP contribution in [-0.2, 0) is 18.3 Å². The van der Waals surface area contributed by atoms with E-state index in [0.717, 1.165) is 12.8 Å². The van der Waals surface area contributed by atoms with Gasteiger partial charge in [-0.1, -0.05) is 62.9 Å². The van der Waals surface area contributed by atoms with Gasteiger partial charge in [-0.15, -0.1) is 0 Å². The molecule has 1 aliphatic carbocycles. The van der Waals surface area contributed by atoms with E-state index in [2.05, 4.69) is 75.1 Å². The van der Waals surface area contributed by atoms with Crippen LogP contribution in [0.15, 0.2) is 42.5 Å². The Balaban J connectivity index is 2.17. The van der Waals surface area contributed by atoms with Crippen molar-refractivity contribution in [3.8, 4) is 11.8 Å².